The molecule has 4 rings (SSSR count). The van der Waals surface area contributed by atoms with Crippen molar-refractivity contribution in [2.45, 2.75) is 59.3 Å². The van der Waals surface area contributed by atoms with E-state index < -0.39 is 29.0 Å². The molecule has 178 valence electrons. The molecule has 2 aromatic rings. The Balaban J connectivity index is 1.72. The van der Waals surface area contributed by atoms with Crippen molar-refractivity contribution in [2.24, 2.45) is 5.41 Å². The monoisotopic (exact) mass is 459 g/mol. The van der Waals surface area contributed by atoms with Gasteiger partial charge in [-0.2, -0.15) is 0 Å². The number of nitrogens with one attached hydrogen (secondary N) is 1. The van der Waals surface area contributed by atoms with Crippen LogP contribution in [0.1, 0.15) is 50.3 Å². The van der Waals surface area contributed by atoms with Crippen LogP contribution in [0.2, 0.25) is 0 Å². The van der Waals surface area contributed by atoms with Gasteiger partial charge in [-0.05, 0) is 44.0 Å². The van der Waals surface area contributed by atoms with Gasteiger partial charge in [0.05, 0.1) is 5.69 Å². The summed E-state index contributed by atoms with van der Waals surface area (Å²) in [6.07, 6.45) is 0.965. The number of rotatable bonds is 4. The van der Waals surface area contributed by atoms with Crippen molar-refractivity contribution in [1.82, 2.24) is 24.7 Å². The molecule has 2 aliphatic rings. The minimum Gasteiger partial charge on any atom is -0.341 e. The van der Waals surface area contributed by atoms with Crippen LogP contribution in [0.4, 0.5) is 8.78 Å². The van der Waals surface area contributed by atoms with E-state index in [1.807, 2.05) is 32.4 Å². The molecule has 0 radical (unpaired) electrons. The smallest absolute Gasteiger partial charge is 0.272 e. The molecule has 1 fully saturated rings. The van der Waals surface area contributed by atoms with Crippen molar-refractivity contribution in [1.29, 1.82) is 0 Å². The van der Waals surface area contributed by atoms with Crippen molar-refractivity contribution < 1.29 is 18.4 Å². The van der Waals surface area contributed by atoms with Crippen LogP contribution >= 0.6 is 0 Å². The largest absolute Gasteiger partial charge is 0.341 e. The summed E-state index contributed by atoms with van der Waals surface area (Å²) in [5.41, 5.74) is 0.808. The second-order valence-corrected chi connectivity index (χ2v) is 10.2. The highest BCUT2D eigenvalue weighted by molar-refractivity contribution is 5.98. The number of carbonyl (C=O) groups is 2. The minimum absolute atomic E-state index is 0.0956. The number of carbonyl (C=O) groups excluding carboxylic acids is 2. The summed E-state index contributed by atoms with van der Waals surface area (Å²) >= 11 is 0. The molecule has 1 unspecified atom stereocenters. The van der Waals surface area contributed by atoms with Gasteiger partial charge in [0, 0.05) is 37.8 Å². The molecule has 7 nitrogen and oxygen atoms in total. The highest BCUT2D eigenvalue weighted by Crippen LogP contribution is 2.30. The van der Waals surface area contributed by atoms with E-state index in [0.29, 0.717) is 43.3 Å². The second kappa shape index (κ2) is 8.52. The average molecular weight is 460 g/mol. The van der Waals surface area contributed by atoms with Crippen molar-refractivity contribution >= 4 is 11.8 Å². The Kier molecular flexibility index (Phi) is 6.03. The lowest BCUT2D eigenvalue weighted by Crippen LogP contribution is -2.57. The maximum Gasteiger partial charge on any atom is 0.272 e. The first kappa shape index (κ1) is 23.4. The summed E-state index contributed by atoms with van der Waals surface area (Å²) in [7, 11) is 1.96. The topological polar surface area (TPSA) is 70.5 Å². The fourth-order valence-electron chi connectivity index (χ4n) is 4.24. The van der Waals surface area contributed by atoms with Crippen LogP contribution in [0.3, 0.4) is 0 Å². The molecule has 1 aromatic heterocycles. The van der Waals surface area contributed by atoms with Gasteiger partial charge in [-0.15, -0.1) is 0 Å². The molecule has 2 aliphatic heterocycles. The predicted molar refractivity (Wildman–Crippen MR) is 120 cm³/mol. The van der Waals surface area contributed by atoms with Crippen LogP contribution in [0.15, 0.2) is 18.2 Å². The lowest BCUT2D eigenvalue weighted by atomic mass is 9.85. The van der Waals surface area contributed by atoms with Gasteiger partial charge in [-0.1, -0.05) is 20.8 Å². The Bertz CT molecular complexity index is 1090. The average Bonchev–Trinajstić information content (AvgIpc) is 3.04. The Hall–Kier alpha value is -2.81. The number of hydrogen-bond acceptors (Lipinski definition) is 4. The summed E-state index contributed by atoms with van der Waals surface area (Å²) < 4.78 is 29.4. The Morgan fingerprint density at radius 3 is 2.45 bits per heavy atom. The highest BCUT2D eigenvalue weighted by Gasteiger charge is 2.39. The standard InChI is InChI=1S/C24H31F2N5O2/c1-14-12-31-18(13-29(14)5)19(27-21(31)15-7-8-16(25)17(26)11-15)22(32)28-20(24(2,3)4)23(33)30-9-6-10-30/h7-8,11,14,20H,6,9-10,12-13H2,1-5H3,(H,28,32)/t14?,20-/m1/s1. The predicted octanol–water partition coefficient (Wildman–Crippen LogP) is 3.04. The maximum atomic E-state index is 14.0. The Morgan fingerprint density at radius 1 is 1.18 bits per heavy atom. The number of aromatic nitrogens is 2. The Morgan fingerprint density at radius 2 is 1.88 bits per heavy atom. The van der Waals surface area contributed by atoms with Crippen LogP contribution in [0.25, 0.3) is 11.4 Å². The van der Waals surface area contributed by atoms with Gasteiger partial charge in [0.15, 0.2) is 17.3 Å². The van der Waals surface area contributed by atoms with Gasteiger partial charge >= 0.3 is 0 Å². The molecule has 0 aliphatic carbocycles. The number of hydrogen-bond donors (Lipinski definition) is 1. The van der Waals surface area contributed by atoms with E-state index >= 15 is 0 Å². The zero-order chi connectivity index (χ0) is 24.1. The molecule has 1 saturated heterocycles. The summed E-state index contributed by atoms with van der Waals surface area (Å²) in [6.45, 7) is 10.2. The van der Waals surface area contributed by atoms with Gasteiger partial charge < -0.3 is 14.8 Å². The lowest BCUT2D eigenvalue weighted by Gasteiger charge is -2.39. The van der Waals surface area contributed by atoms with Gasteiger partial charge in [0.25, 0.3) is 5.91 Å². The first-order valence-electron chi connectivity index (χ1n) is 11.3. The number of nitrogens with zero attached hydrogens (tertiary/aromatic N) is 4. The van der Waals surface area contributed by atoms with Crippen molar-refractivity contribution in [3.63, 3.8) is 0 Å². The zero-order valence-electron chi connectivity index (χ0n) is 19.8. The van der Waals surface area contributed by atoms with E-state index in [0.717, 1.165) is 18.6 Å². The number of amides is 2. The van der Waals surface area contributed by atoms with Crippen LogP contribution in [-0.2, 0) is 17.9 Å². The number of likely N-dealkylation sites (tertiary alicyclic amines) is 1. The molecule has 0 saturated carbocycles. The first-order chi connectivity index (χ1) is 15.5. The van der Waals surface area contributed by atoms with Gasteiger partial charge in [-0.25, -0.2) is 13.8 Å². The third-order valence-electron chi connectivity index (χ3n) is 6.62. The fraction of sp³-hybridized carbons (Fsp3) is 0.542. The molecule has 2 atom stereocenters. The quantitative estimate of drug-likeness (QED) is 0.763. The maximum absolute atomic E-state index is 14.0. The van der Waals surface area contributed by atoms with Crippen molar-refractivity contribution in [3.8, 4) is 11.4 Å². The van der Waals surface area contributed by atoms with E-state index in [9.17, 15) is 18.4 Å². The molecular weight excluding hydrogens is 428 g/mol. The number of halogens is 2. The third kappa shape index (κ3) is 4.38. The van der Waals surface area contributed by atoms with Crippen LogP contribution in [0, 0.1) is 17.0 Å². The number of fused-ring (bicyclic) bond motifs is 1. The Labute approximate surface area is 192 Å². The van der Waals surface area contributed by atoms with E-state index in [1.165, 1.54) is 6.07 Å². The minimum atomic E-state index is -0.968. The molecule has 33 heavy (non-hydrogen) atoms. The highest BCUT2D eigenvalue weighted by atomic mass is 19.2. The summed E-state index contributed by atoms with van der Waals surface area (Å²) in [5, 5.41) is 2.93. The molecule has 3 heterocycles. The summed E-state index contributed by atoms with van der Waals surface area (Å²) in [6, 6.07) is 3.09. The fourth-order valence-corrected chi connectivity index (χ4v) is 4.24. The third-order valence-corrected chi connectivity index (χ3v) is 6.62. The van der Waals surface area contributed by atoms with E-state index in [-0.39, 0.29) is 17.6 Å². The van der Waals surface area contributed by atoms with Crippen LogP contribution in [0.5, 0.6) is 0 Å². The van der Waals surface area contributed by atoms with E-state index in [1.54, 1.807) is 4.90 Å². The molecule has 9 heteroatoms. The molecule has 1 N–H and O–H groups in total. The summed E-state index contributed by atoms with van der Waals surface area (Å²) in [5.74, 6) is -2.03. The van der Waals surface area contributed by atoms with Gasteiger partial charge in [0.1, 0.15) is 11.9 Å². The van der Waals surface area contributed by atoms with Gasteiger partial charge in [0.2, 0.25) is 5.91 Å². The van der Waals surface area contributed by atoms with E-state index in [2.05, 4.69) is 22.1 Å². The zero-order valence-corrected chi connectivity index (χ0v) is 19.8. The van der Waals surface area contributed by atoms with Crippen molar-refractivity contribution in [3.05, 3.63) is 41.2 Å². The van der Waals surface area contributed by atoms with E-state index in [4.69, 9.17) is 0 Å². The van der Waals surface area contributed by atoms with Gasteiger partial charge in [-0.3, -0.25) is 14.5 Å². The number of imidazole rings is 1. The van der Waals surface area contributed by atoms with Crippen LogP contribution < -0.4 is 5.32 Å². The molecule has 1 aromatic carbocycles. The molecule has 0 spiro atoms. The lowest BCUT2D eigenvalue weighted by molar-refractivity contribution is -0.139. The SMILES string of the molecule is CC1Cn2c(-c3ccc(F)c(F)c3)nc(C(=O)N[C@H](C(=O)N3CCC3)C(C)(C)C)c2CN1C. The molecular formula is C24H31F2N5O2. The number of likely N-dealkylation sites (N-methyl/N-ethyl adjacent to an activating group) is 1. The van der Waals surface area contributed by atoms with Crippen molar-refractivity contribution in [2.75, 3.05) is 20.1 Å². The molecule has 2 amide bonds. The second-order valence-electron chi connectivity index (χ2n) is 10.2. The van der Waals surface area contributed by atoms with Crippen LogP contribution in [-0.4, -0.2) is 63.4 Å². The summed E-state index contributed by atoms with van der Waals surface area (Å²) in [4.78, 5) is 34.9. The normalized spacial score (nSPS) is 19.6. The molecule has 0 bridgehead atoms. The number of benzene rings is 1. The first-order valence-corrected chi connectivity index (χ1v) is 11.3.